The Kier molecular flexibility index (Phi) is 8.07. The first kappa shape index (κ1) is 17.9. The largest absolute Gasteiger partial charge is 0.389 e. The van der Waals surface area contributed by atoms with Gasteiger partial charge in [0.2, 0.25) is 0 Å². The highest BCUT2D eigenvalue weighted by molar-refractivity contribution is 6.71. The molecule has 0 N–H and O–H groups in total. The van der Waals surface area contributed by atoms with Crippen LogP contribution in [-0.2, 0) is 8.85 Å². The van der Waals surface area contributed by atoms with Crippen molar-refractivity contribution in [1.29, 1.82) is 0 Å². The molecule has 18 heavy (non-hydrogen) atoms. The lowest BCUT2D eigenvalue weighted by Gasteiger charge is -2.31. The van der Waals surface area contributed by atoms with Gasteiger partial charge < -0.3 is 8.85 Å². The van der Waals surface area contributed by atoms with Gasteiger partial charge in [-0.2, -0.15) is 0 Å². The second kappa shape index (κ2) is 8.13. The fourth-order valence-electron chi connectivity index (χ4n) is 2.35. The molecule has 2 unspecified atom stereocenters. The molecule has 0 aromatic rings. The SMILES string of the molecule is C=C[Si](C)(OC(C)CC(C)C)OC(C)CC(C)C. The van der Waals surface area contributed by atoms with Crippen molar-refractivity contribution >= 4 is 8.56 Å². The topological polar surface area (TPSA) is 18.5 Å². The molecule has 0 rings (SSSR count). The maximum Gasteiger partial charge on any atom is 0.361 e. The minimum atomic E-state index is -2.22. The molecule has 0 aromatic carbocycles. The smallest absolute Gasteiger partial charge is 0.361 e. The van der Waals surface area contributed by atoms with E-state index in [1.807, 2.05) is 5.70 Å². The Balaban J connectivity index is 4.37. The van der Waals surface area contributed by atoms with Gasteiger partial charge in [-0.25, -0.2) is 0 Å². The highest BCUT2D eigenvalue weighted by Crippen LogP contribution is 2.20. The average Bonchev–Trinajstić information content (AvgIpc) is 2.13. The predicted octanol–water partition coefficient (Wildman–Crippen LogP) is 4.69. The third-order valence-corrected chi connectivity index (χ3v) is 5.33. The summed E-state index contributed by atoms with van der Waals surface area (Å²) < 4.78 is 12.3. The third kappa shape index (κ3) is 8.06. The molecule has 0 radical (unpaired) electrons. The Bertz CT molecular complexity index is 221. The van der Waals surface area contributed by atoms with Crippen LogP contribution in [0, 0.1) is 11.8 Å². The van der Waals surface area contributed by atoms with Crippen LogP contribution in [0.3, 0.4) is 0 Å². The monoisotopic (exact) mass is 272 g/mol. The minimum Gasteiger partial charge on any atom is -0.389 e. The van der Waals surface area contributed by atoms with Gasteiger partial charge in [-0.15, -0.1) is 6.58 Å². The molecule has 2 nitrogen and oxygen atoms in total. The summed E-state index contributed by atoms with van der Waals surface area (Å²) >= 11 is 0. The van der Waals surface area contributed by atoms with Gasteiger partial charge in [-0.3, -0.25) is 0 Å². The summed E-state index contributed by atoms with van der Waals surface area (Å²) in [6, 6.07) is 0. The molecule has 0 aliphatic rings. The van der Waals surface area contributed by atoms with Gasteiger partial charge >= 0.3 is 8.56 Å². The first-order valence-corrected chi connectivity index (χ1v) is 9.57. The van der Waals surface area contributed by atoms with E-state index in [2.05, 4.69) is 54.7 Å². The Labute approximate surface area is 115 Å². The van der Waals surface area contributed by atoms with Crippen LogP contribution in [0.4, 0.5) is 0 Å². The maximum atomic E-state index is 6.15. The molecule has 0 saturated carbocycles. The lowest BCUT2D eigenvalue weighted by Crippen LogP contribution is -2.42. The molecular weight excluding hydrogens is 240 g/mol. The number of hydrogen-bond donors (Lipinski definition) is 0. The van der Waals surface area contributed by atoms with E-state index in [0.29, 0.717) is 11.8 Å². The molecular formula is C15H32O2Si. The molecule has 0 heterocycles. The van der Waals surface area contributed by atoms with Gasteiger partial charge in [0.1, 0.15) is 0 Å². The van der Waals surface area contributed by atoms with Gasteiger partial charge in [0.05, 0.1) is 0 Å². The van der Waals surface area contributed by atoms with E-state index >= 15 is 0 Å². The summed E-state index contributed by atoms with van der Waals surface area (Å²) in [7, 11) is -2.22. The molecule has 2 atom stereocenters. The zero-order valence-electron chi connectivity index (χ0n) is 13.3. The van der Waals surface area contributed by atoms with E-state index in [4.69, 9.17) is 8.85 Å². The molecule has 0 aliphatic carbocycles. The van der Waals surface area contributed by atoms with Crippen LogP contribution >= 0.6 is 0 Å². The quantitative estimate of drug-likeness (QED) is 0.567. The van der Waals surface area contributed by atoms with E-state index < -0.39 is 8.56 Å². The fourth-order valence-corrected chi connectivity index (χ4v) is 4.39. The van der Waals surface area contributed by atoms with Crippen LogP contribution in [0.2, 0.25) is 6.55 Å². The zero-order valence-corrected chi connectivity index (χ0v) is 14.3. The average molecular weight is 273 g/mol. The van der Waals surface area contributed by atoms with Crippen molar-refractivity contribution < 1.29 is 8.85 Å². The van der Waals surface area contributed by atoms with Crippen molar-refractivity contribution in [3.8, 4) is 0 Å². The van der Waals surface area contributed by atoms with Crippen molar-refractivity contribution in [2.24, 2.45) is 11.8 Å². The lowest BCUT2D eigenvalue weighted by atomic mass is 10.1. The van der Waals surface area contributed by atoms with Crippen molar-refractivity contribution in [2.75, 3.05) is 0 Å². The number of hydrogen-bond acceptors (Lipinski definition) is 2. The highest BCUT2D eigenvalue weighted by Gasteiger charge is 2.32. The van der Waals surface area contributed by atoms with Gasteiger partial charge in [0.15, 0.2) is 0 Å². The standard InChI is InChI=1S/C15H32O2Si/c1-9-18(8,16-14(6)10-12(2)3)17-15(7)11-13(4)5/h9,12-15H,1,10-11H2,2-8H3. The Hall–Kier alpha value is -0.123. The van der Waals surface area contributed by atoms with E-state index in [0.717, 1.165) is 12.8 Å². The predicted molar refractivity (Wildman–Crippen MR) is 81.8 cm³/mol. The molecule has 0 aromatic heterocycles. The molecule has 0 fully saturated rings. The van der Waals surface area contributed by atoms with Crippen LogP contribution in [0.25, 0.3) is 0 Å². The Morgan fingerprint density at radius 1 is 0.889 bits per heavy atom. The first-order valence-electron chi connectivity index (χ1n) is 7.17. The summed E-state index contributed by atoms with van der Waals surface area (Å²) in [5, 5.41) is 0. The van der Waals surface area contributed by atoms with Crippen LogP contribution in [0.1, 0.15) is 54.4 Å². The van der Waals surface area contributed by atoms with Crippen molar-refractivity contribution in [2.45, 2.75) is 73.1 Å². The van der Waals surface area contributed by atoms with E-state index in [1.165, 1.54) is 0 Å². The minimum absolute atomic E-state index is 0.242. The van der Waals surface area contributed by atoms with Crippen LogP contribution in [0.5, 0.6) is 0 Å². The second-order valence-corrected chi connectivity index (χ2v) is 9.25. The van der Waals surface area contributed by atoms with Gasteiger partial charge in [0.25, 0.3) is 0 Å². The normalized spacial score (nSPS) is 18.7. The summed E-state index contributed by atoms with van der Waals surface area (Å²) in [6.07, 6.45) is 2.62. The zero-order chi connectivity index (χ0) is 14.3. The molecule has 0 bridgehead atoms. The van der Waals surface area contributed by atoms with Crippen molar-refractivity contribution in [1.82, 2.24) is 0 Å². The number of rotatable bonds is 9. The van der Waals surface area contributed by atoms with Gasteiger partial charge in [0, 0.05) is 12.2 Å². The van der Waals surface area contributed by atoms with Gasteiger partial charge in [-0.1, -0.05) is 27.7 Å². The Morgan fingerprint density at radius 2 is 1.22 bits per heavy atom. The summed E-state index contributed by atoms with van der Waals surface area (Å²) in [5.41, 5.74) is 1.90. The summed E-state index contributed by atoms with van der Waals surface area (Å²) in [4.78, 5) is 0. The lowest BCUT2D eigenvalue weighted by molar-refractivity contribution is 0.0853. The van der Waals surface area contributed by atoms with Crippen molar-refractivity contribution in [3.05, 3.63) is 12.3 Å². The Morgan fingerprint density at radius 3 is 1.44 bits per heavy atom. The van der Waals surface area contributed by atoms with E-state index in [1.54, 1.807) is 0 Å². The molecule has 0 aliphatic heterocycles. The summed E-state index contributed by atoms with van der Waals surface area (Å²) in [5.74, 6) is 1.30. The first-order chi connectivity index (χ1) is 8.18. The summed E-state index contributed by atoms with van der Waals surface area (Å²) in [6.45, 7) is 19.1. The van der Waals surface area contributed by atoms with Crippen molar-refractivity contribution in [3.63, 3.8) is 0 Å². The molecule has 0 saturated heterocycles. The molecule has 0 amide bonds. The second-order valence-electron chi connectivity index (χ2n) is 6.34. The van der Waals surface area contributed by atoms with Crippen LogP contribution in [-0.4, -0.2) is 20.8 Å². The molecule has 108 valence electrons. The van der Waals surface area contributed by atoms with Crippen LogP contribution < -0.4 is 0 Å². The highest BCUT2D eigenvalue weighted by atomic mass is 28.4. The maximum absolute atomic E-state index is 6.15. The molecule has 3 heteroatoms. The fraction of sp³-hybridized carbons (Fsp3) is 0.867. The third-order valence-electron chi connectivity index (χ3n) is 2.85. The van der Waals surface area contributed by atoms with E-state index in [9.17, 15) is 0 Å². The van der Waals surface area contributed by atoms with E-state index in [-0.39, 0.29) is 12.2 Å². The van der Waals surface area contributed by atoms with Crippen LogP contribution in [0.15, 0.2) is 12.3 Å². The molecule has 0 spiro atoms. The van der Waals surface area contributed by atoms with Gasteiger partial charge in [-0.05, 0) is 50.8 Å².